The first-order valence-corrected chi connectivity index (χ1v) is 7.81. The van der Waals surface area contributed by atoms with Gasteiger partial charge < -0.3 is 5.21 Å². The number of rotatable bonds is 7. The fourth-order valence-corrected chi connectivity index (χ4v) is 2.34. The van der Waals surface area contributed by atoms with Crippen molar-refractivity contribution >= 4 is 6.21 Å². The highest BCUT2D eigenvalue weighted by molar-refractivity contribution is 5.52. The fraction of sp³-hybridized carbons (Fsp3) is 0.611. The zero-order valence-electron chi connectivity index (χ0n) is 13.6. The third-order valence-corrected chi connectivity index (χ3v) is 3.80. The maximum absolute atomic E-state index is 11.7. The van der Waals surface area contributed by atoms with Gasteiger partial charge in [0.25, 0.3) is 0 Å². The van der Waals surface area contributed by atoms with Crippen molar-refractivity contribution in [2.75, 3.05) is 0 Å². The summed E-state index contributed by atoms with van der Waals surface area (Å²) in [6, 6.07) is 6.83. The average Bonchev–Trinajstić information content (AvgIpc) is 2.39. The van der Waals surface area contributed by atoms with Gasteiger partial charge in [-0.05, 0) is 49.3 Å². The molecule has 0 fully saturated rings. The molecule has 0 saturated carbocycles. The second kappa shape index (κ2) is 8.08. The first-order valence-electron chi connectivity index (χ1n) is 7.81. The normalized spacial score (nSPS) is 13.8. The van der Waals surface area contributed by atoms with Gasteiger partial charge in [-0.2, -0.15) is 0 Å². The summed E-state index contributed by atoms with van der Waals surface area (Å²) in [6.45, 7) is 10.7. The minimum Gasteiger partial charge on any atom is -0.624 e. The van der Waals surface area contributed by atoms with Crippen molar-refractivity contribution in [2.24, 2.45) is 5.92 Å². The molecule has 0 spiro atoms. The Hall–Kier alpha value is -1.31. The topological polar surface area (TPSA) is 26.1 Å². The number of hydrogen-bond donors (Lipinski definition) is 0. The van der Waals surface area contributed by atoms with Crippen LogP contribution in [0.15, 0.2) is 18.2 Å². The Labute approximate surface area is 124 Å². The van der Waals surface area contributed by atoms with Crippen LogP contribution in [0.4, 0.5) is 0 Å². The van der Waals surface area contributed by atoms with Crippen LogP contribution in [0.3, 0.4) is 0 Å². The lowest BCUT2D eigenvalue weighted by molar-refractivity contribution is -0.493. The van der Waals surface area contributed by atoms with E-state index in [4.69, 9.17) is 0 Å². The van der Waals surface area contributed by atoms with Gasteiger partial charge in [-0.1, -0.05) is 39.0 Å². The quantitative estimate of drug-likeness (QED) is 0.311. The molecule has 1 atom stereocenters. The van der Waals surface area contributed by atoms with Crippen molar-refractivity contribution in [3.63, 3.8) is 0 Å². The number of hydrogen-bond acceptors (Lipinski definition) is 1. The smallest absolute Gasteiger partial charge is 0.159 e. The highest BCUT2D eigenvalue weighted by Crippen LogP contribution is 2.15. The van der Waals surface area contributed by atoms with Crippen LogP contribution in [0.25, 0.3) is 0 Å². The summed E-state index contributed by atoms with van der Waals surface area (Å²) in [4.78, 5) is 0. The summed E-state index contributed by atoms with van der Waals surface area (Å²) in [5.74, 6) is 0.693. The van der Waals surface area contributed by atoms with Gasteiger partial charge in [-0.25, -0.2) is 4.74 Å². The molecule has 0 saturated heterocycles. The van der Waals surface area contributed by atoms with Gasteiger partial charge in [-0.15, -0.1) is 0 Å². The van der Waals surface area contributed by atoms with E-state index in [0.717, 1.165) is 30.4 Å². The molecule has 112 valence electrons. The molecule has 1 aromatic rings. The number of aryl methyl sites for hydroxylation is 2. The lowest BCUT2D eigenvalue weighted by atomic mass is 9.97. The molecule has 0 heterocycles. The Morgan fingerprint density at radius 2 is 1.95 bits per heavy atom. The molecule has 0 aromatic heterocycles. The average molecular weight is 275 g/mol. The third-order valence-electron chi connectivity index (χ3n) is 3.80. The summed E-state index contributed by atoms with van der Waals surface area (Å²) >= 11 is 0. The van der Waals surface area contributed by atoms with E-state index >= 15 is 0 Å². The van der Waals surface area contributed by atoms with Crippen molar-refractivity contribution in [2.45, 2.75) is 66.3 Å². The van der Waals surface area contributed by atoms with Gasteiger partial charge in [0.15, 0.2) is 12.3 Å². The second-order valence-corrected chi connectivity index (χ2v) is 6.20. The van der Waals surface area contributed by atoms with E-state index in [9.17, 15) is 5.21 Å². The molecule has 1 aromatic carbocycles. The molecule has 0 aliphatic rings. The summed E-state index contributed by atoms with van der Waals surface area (Å²) < 4.78 is 1.10. The van der Waals surface area contributed by atoms with Crippen molar-refractivity contribution in [3.05, 3.63) is 40.1 Å². The zero-order chi connectivity index (χ0) is 15.1. The summed E-state index contributed by atoms with van der Waals surface area (Å²) in [6.07, 6.45) is 5.58. The van der Waals surface area contributed by atoms with Gasteiger partial charge in [0, 0.05) is 12.8 Å². The van der Waals surface area contributed by atoms with Crippen molar-refractivity contribution in [1.82, 2.24) is 0 Å². The van der Waals surface area contributed by atoms with Crippen LogP contribution in [0.2, 0.25) is 0 Å². The third kappa shape index (κ3) is 5.36. The van der Waals surface area contributed by atoms with Gasteiger partial charge in [-0.3, -0.25) is 0 Å². The molecule has 2 heteroatoms. The van der Waals surface area contributed by atoms with Crippen LogP contribution >= 0.6 is 0 Å². The van der Waals surface area contributed by atoms with E-state index in [1.54, 1.807) is 6.21 Å². The Morgan fingerprint density at radius 1 is 1.25 bits per heavy atom. The fourth-order valence-electron chi connectivity index (χ4n) is 2.34. The Balaban J connectivity index is 2.61. The maximum Gasteiger partial charge on any atom is 0.159 e. The van der Waals surface area contributed by atoms with Crippen LogP contribution in [-0.4, -0.2) is 17.0 Å². The van der Waals surface area contributed by atoms with E-state index in [1.807, 2.05) is 13.8 Å². The predicted molar refractivity (Wildman–Crippen MR) is 87.5 cm³/mol. The molecule has 0 amide bonds. The summed E-state index contributed by atoms with van der Waals surface area (Å²) in [7, 11) is 0. The van der Waals surface area contributed by atoms with Crippen molar-refractivity contribution in [3.8, 4) is 0 Å². The van der Waals surface area contributed by atoms with E-state index in [2.05, 4.69) is 39.0 Å². The molecule has 0 aliphatic carbocycles. The molecule has 20 heavy (non-hydrogen) atoms. The zero-order valence-corrected chi connectivity index (χ0v) is 13.6. The van der Waals surface area contributed by atoms with Crippen LogP contribution in [0, 0.1) is 18.0 Å². The minimum atomic E-state index is 0.0875. The standard InChI is InChI=1S/C18H29NO/c1-6-16(5)19(20)11-7-8-18-10-9-17(12-14(2)3)13-15(18)4/h9-11,13-14,16H,6-8,12H2,1-5H3/b19-11+. The van der Waals surface area contributed by atoms with E-state index in [-0.39, 0.29) is 6.04 Å². The second-order valence-electron chi connectivity index (χ2n) is 6.20. The first-order chi connectivity index (χ1) is 9.43. The lowest BCUT2D eigenvalue weighted by Gasteiger charge is -2.11. The van der Waals surface area contributed by atoms with Crippen LogP contribution in [0.1, 0.15) is 57.2 Å². The molecule has 0 N–H and O–H groups in total. The Bertz CT molecular complexity index is 449. The molecular formula is C18H29NO. The van der Waals surface area contributed by atoms with Gasteiger partial charge >= 0.3 is 0 Å². The SMILES string of the molecule is CCC(C)/[N+]([O-])=C\CCc1ccc(CC(C)C)cc1C. The van der Waals surface area contributed by atoms with Gasteiger partial charge in [0.2, 0.25) is 0 Å². The first kappa shape index (κ1) is 16.7. The van der Waals surface area contributed by atoms with E-state index in [1.165, 1.54) is 16.7 Å². The monoisotopic (exact) mass is 275 g/mol. The van der Waals surface area contributed by atoms with Crippen LogP contribution in [0.5, 0.6) is 0 Å². The molecule has 2 nitrogen and oxygen atoms in total. The Kier molecular flexibility index (Phi) is 6.77. The number of nitrogens with zero attached hydrogens (tertiary/aromatic N) is 1. The highest BCUT2D eigenvalue weighted by Gasteiger charge is 2.06. The number of benzene rings is 1. The lowest BCUT2D eigenvalue weighted by Crippen LogP contribution is -2.17. The Morgan fingerprint density at radius 3 is 2.50 bits per heavy atom. The molecular weight excluding hydrogens is 246 g/mol. The molecule has 0 radical (unpaired) electrons. The van der Waals surface area contributed by atoms with Crippen molar-refractivity contribution < 1.29 is 4.74 Å². The predicted octanol–water partition coefficient (Wildman–Crippen LogP) is 4.51. The van der Waals surface area contributed by atoms with E-state index in [0.29, 0.717) is 5.92 Å². The largest absolute Gasteiger partial charge is 0.624 e. The van der Waals surface area contributed by atoms with Crippen LogP contribution in [-0.2, 0) is 12.8 Å². The molecule has 0 bridgehead atoms. The molecule has 0 aliphatic heterocycles. The summed E-state index contributed by atoms with van der Waals surface area (Å²) in [5, 5.41) is 11.7. The molecule has 1 unspecified atom stereocenters. The summed E-state index contributed by atoms with van der Waals surface area (Å²) in [5.41, 5.74) is 4.11. The maximum atomic E-state index is 11.7. The van der Waals surface area contributed by atoms with Crippen molar-refractivity contribution in [1.29, 1.82) is 0 Å². The minimum absolute atomic E-state index is 0.0875. The highest BCUT2D eigenvalue weighted by atomic mass is 16.5. The van der Waals surface area contributed by atoms with Crippen LogP contribution < -0.4 is 0 Å². The number of hydroxylamine groups is 1. The van der Waals surface area contributed by atoms with E-state index < -0.39 is 0 Å². The van der Waals surface area contributed by atoms with Gasteiger partial charge in [0.05, 0.1) is 0 Å². The van der Waals surface area contributed by atoms with Gasteiger partial charge in [0.1, 0.15) is 0 Å². The molecule has 1 rings (SSSR count).